The van der Waals surface area contributed by atoms with Gasteiger partial charge >= 0.3 is 0 Å². The second-order valence-electron chi connectivity index (χ2n) is 4.55. The number of guanidine groups is 1. The Morgan fingerprint density at radius 2 is 2.00 bits per heavy atom. The molecule has 0 unspecified atom stereocenters. The molecule has 0 amide bonds. The Hall–Kier alpha value is -0.770. The fourth-order valence-electron chi connectivity index (χ4n) is 1.81. The topological polar surface area (TPSA) is 53.6 Å². The smallest absolute Gasteiger partial charge is 0.208 e. The van der Waals surface area contributed by atoms with Crippen molar-refractivity contribution in [1.82, 2.24) is 10.3 Å². The van der Waals surface area contributed by atoms with Gasteiger partial charge in [0.05, 0.1) is 6.04 Å². The first-order valence-corrected chi connectivity index (χ1v) is 6.54. The van der Waals surface area contributed by atoms with Crippen LogP contribution in [0.2, 0.25) is 0 Å². The summed E-state index contributed by atoms with van der Waals surface area (Å²) in [4.78, 5) is 6.87. The van der Waals surface area contributed by atoms with E-state index in [1.807, 2.05) is 0 Å². The molecule has 0 atom stereocenters. The molecule has 4 nitrogen and oxygen atoms in total. The molecule has 0 saturated heterocycles. The van der Waals surface area contributed by atoms with E-state index in [-0.39, 0.29) is 0 Å². The highest BCUT2D eigenvalue weighted by atomic mass is 15.4. The third-order valence-corrected chi connectivity index (χ3v) is 3.30. The van der Waals surface area contributed by atoms with E-state index in [1.165, 1.54) is 25.7 Å². The molecule has 0 aromatic rings. The van der Waals surface area contributed by atoms with E-state index in [1.54, 1.807) is 0 Å². The van der Waals surface area contributed by atoms with Crippen LogP contribution in [0.1, 0.15) is 46.5 Å². The van der Waals surface area contributed by atoms with Crippen molar-refractivity contribution >= 4 is 5.96 Å². The van der Waals surface area contributed by atoms with Crippen LogP contribution in [0, 0.1) is 5.92 Å². The Bertz CT molecular complexity index is 219. The summed E-state index contributed by atoms with van der Waals surface area (Å²) in [5.41, 5.74) is 2.75. The highest BCUT2D eigenvalue weighted by Crippen LogP contribution is 2.23. The van der Waals surface area contributed by atoms with Crippen LogP contribution in [0.25, 0.3) is 0 Å². The summed E-state index contributed by atoms with van der Waals surface area (Å²) >= 11 is 0. The van der Waals surface area contributed by atoms with Gasteiger partial charge in [-0.15, -0.1) is 0 Å². The van der Waals surface area contributed by atoms with Gasteiger partial charge in [0.25, 0.3) is 0 Å². The van der Waals surface area contributed by atoms with Crippen LogP contribution in [0.5, 0.6) is 0 Å². The molecule has 1 rings (SSSR count). The van der Waals surface area contributed by atoms with Crippen molar-refractivity contribution in [3.8, 4) is 0 Å². The number of hydrogen-bond acceptors (Lipinski definition) is 2. The minimum absolute atomic E-state index is 0.516. The van der Waals surface area contributed by atoms with Gasteiger partial charge < -0.3 is 4.90 Å². The highest BCUT2D eigenvalue weighted by Gasteiger charge is 2.23. The lowest BCUT2D eigenvalue weighted by atomic mass is 10.0. The molecule has 0 aromatic heterocycles. The van der Waals surface area contributed by atoms with E-state index in [0.717, 1.165) is 25.0 Å². The second kappa shape index (κ2) is 6.74. The first-order chi connectivity index (χ1) is 7.74. The number of rotatable bonds is 6. The molecule has 16 heavy (non-hydrogen) atoms. The number of nitrogens with zero attached hydrogens (tertiary/aromatic N) is 2. The second-order valence-corrected chi connectivity index (χ2v) is 4.55. The molecule has 1 fully saturated rings. The molecule has 1 aliphatic carbocycles. The maximum atomic E-state index is 5.56. The molecular weight excluding hydrogens is 200 g/mol. The van der Waals surface area contributed by atoms with Crippen molar-refractivity contribution in [3.63, 3.8) is 0 Å². The molecule has 0 radical (unpaired) electrons. The summed E-state index contributed by atoms with van der Waals surface area (Å²) in [7, 11) is 0. The molecule has 3 N–H and O–H groups in total. The summed E-state index contributed by atoms with van der Waals surface area (Å²) in [6.45, 7) is 8.67. The number of nitrogens with one attached hydrogen (secondary N) is 1. The van der Waals surface area contributed by atoms with Gasteiger partial charge in [-0.2, -0.15) is 0 Å². The minimum Gasteiger partial charge on any atom is -0.342 e. The SMILES string of the molecule is CCC(CC)CN(CC)C(=NC1CC1)NN. The van der Waals surface area contributed by atoms with Crippen LogP contribution in [-0.2, 0) is 0 Å². The molecule has 4 heteroatoms. The molecule has 0 heterocycles. The summed E-state index contributed by atoms with van der Waals surface area (Å²) in [5.74, 6) is 7.17. The van der Waals surface area contributed by atoms with Crippen molar-refractivity contribution in [1.29, 1.82) is 0 Å². The lowest BCUT2D eigenvalue weighted by Crippen LogP contribution is -2.46. The zero-order valence-corrected chi connectivity index (χ0v) is 10.9. The van der Waals surface area contributed by atoms with Crippen LogP contribution in [0.3, 0.4) is 0 Å². The fraction of sp³-hybridized carbons (Fsp3) is 0.917. The number of hydrogen-bond donors (Lipinski definition) is 2. The van der Waals surface area contributed by atoms with Crippen LogP contribution in [0.15, 0.2) is 4.99 Å². The molecule has 94 valence electrons. The van der Waals surface area contributed by atoms with Crippen molar-refractivity contribution < 1.29 is 0 Å². The number of nitrogens with two attached hydrogens (primary N) is 1. The Morgan fingerprint density at radius 1 is 1.38 bits per heavy atom. The maximum Gasteiger partial charge on any atom is 0.208 e. The lowest BCUT2D eigenvalue weighted by molar-refractivity contribution is 0.326. The van der Waals surface area contributed by atoms with E-state index < -0.39 is 0 Å². The number of aliphatic imine (C=N–C) groups is 1. The van der Waals surface area contributed by atoms with Gasteiger partial charge in [0.2, 0.25) is 5.96 Å². The van der Waals surface area contributed by atoms with Crippen molar-refractivity contribution in [2.45, 2.75) is 52.5 Å². The van der Waals surface area contributed by atoms with E-state index >= 15 is 0 Å². The first kappa shape index (κ1) is 13.3. The van der Waals surface area contributed by atoms with Crippen LogP contribution in [-0.4, -0.2) is 30.0 Å². The average molecular weight is 226 g/mol. The monoisotopic (exact) mass is 226 g/mol. The van der Waals surface area contributed by atoms with Crippen molar-refractivity contribution in [3.05, 3.63) is 0 Å². The molecule has 1 aliphatic rings. The molecule has 0 bridgehead atoms. The van der Waals surface area contributed by atoms with Gasteiger partial charge in [0.15, 0.2) is 0 Å². The van der Waals surface area contributed by atoms with E-state index in [4.69, 9.17) is 5.84 Å². The molecular formula is C12H26N4. The van der Waals surface area contributed by atoms with Gasteiger partial charge in [0.1, 0.15) is 0 Å². The fourth-order valence-corrected chi connectivity index (χ4v) is 1.81. The van der Waals surface area contributed by atoms with Gasteiger partial charge in [-0.05, 0) is 25.7 Å². The molecule has 0 aromatic carbocycles. The predicted molar refractivity (Wildman–Crippen MR) is 69.1 cm³/mol. The lowest BCUT2D eigenvalue weighted by Gasteiger charge is -2.27. The Labute approximate surface area is 99.3 Å². The third kappa shape index (κ3) is 4.00. The normalized spacial score (nSPS) is 16.7. The summed E-state index contributed by atoms with van der Waals surface area (Å²) < 4.78 is 0. The Balaban J connectivity index is 2.55. The molecule has 0 spiro atoms. The highest BCUT2D eigenvalue weighted by molar-refractivity contribution is 5.79. The minimum atomic E-state index is 0.516. The first-order valence-electron chi connectivity index (χ1n) is 6.54. The largest absolute Gasteiger partial charge is 0.342 e. The molecule has 1 saturated carbocycles. The van der Waals surface area contributed by atoms with Crippen molar-refractivity contribution in [2.24, 2.45) is 16.8 Å². The van der Waals surface area contributed by atoms with Crippen LogP contribution in [0.4, 0.5) is 0 Å². The summed E-state index contributed by atoms with van der Waals surface area (Å²) in [6, 6.07) is 0.516. The third-order valence-electron chi connectivity index (χ3n) is 3.30. The average Bonchev–Trinajstić information content (AvgIpc) is 3.12. The zero-order valence-electron chi connectivity index (χ0n) is 10.9. The zero-order chi connectivity index (χ0) is 12.0. The quantitative estimate of drug-likeness (QED) is 0.314. The van der Waals surface area contributed by atoms with E-state index in [2.05, 4.69) is 36.1 Å². The van der Waals surface area contributed by atoms with Gasteiger partial charge in [-0.25, -0.2) is 10.8 Å². The van der Waals surface area contributed by atoms with E-state index in [0.29, 0.717) is 6.04 Å². The van der Waals surface area contributed by atoms with Gasteiger partial charge in [0, 0.05) is 13.1 Å². The molecule has 0 aliphatic heterocycles. The summed E-state index contributed by atoms with van der Waals surface area (Å²) in [6.07, 6.45) is 4.87. The maximum absolute atomic E-state index is 5.56. The Kier molecular flexibility index (Phi) is 5.60. The summed E-state index contributed by atoms with van der Waals surface area (Å²) in [5, 5.41) is 0. The standard InChI is InChI=1S/C12H26N4/c1-4-10(5-2)9-16(6-3)12(15-13)14-11-7-8-11/h10-11H,4-9,13H2,1-3H3,(H,14,15). The van der Waals surface area contributed by atoms with Gasteiger partial charge in [-0.1, -0.05) is 26.7 Å². The van der Waals surface area contributed by atoms with Crippen LogP contribution < -0.4 is 11.3 Å². The van der Waals surface area contributed by atoms with Crippen LogP contribution >= 0.6 is 0 Å². The number of hydrazine groups is 1. The Morgan fingerprint density at radius 3 is 2.38 bits per heavy atom. The van der Waals surface area contributed by atoms with Crippen molar-refractivity contribution in [2.75, 3.05) is 13.1 Å². The van der Waals surface area contributed by atoms with E-state index in [9.17, 15) is 0 Å². The predicted octanol–water partition coefficient (Wildman–Crippen LogP) is 1.73. The van der Waals surface area contributed by atoms with Gasteiger partial charge in [-0.3, -0.25) is 5.43 Å².